The number of thioether (sulfide) groups is 2. The van der Waals surface area contributed by atoms with E-state index >= 15 is 0 Å². The summed E-state index contributed by atoms with van der Waals surface area (Å²) in [4.78, 5) is 28.5. The van der Waals surface area contributed by atoms with Crippen molar-refractivity contribution in [3.05, 3.63) is 65.0 Å². The molecule has 2 amide bonds. The summed E-state index contributed by atoms with van der Waals surface area (Å²) in [5.74, 6) is 2.40. The highest BCUT2D eigenvalue weighted by molar-refractivity contribution is 8.16. The third-order valence-corrected chi connectivity index (χ3v) is 8.70. The lowest BCUT2D eigenvalue weighted by Crippen LogP contribution is -2.51. The average Bonchev–Trinajstić information content (AvgIpc) is 2.85. The number of piperazine rings is 1. The van der Waals surface area contributed by atoms with E-state index in [1.54, 1.807) is 28.9 Å². The predicted octanol–water partition coefficient (Wildman–Crippen LogP) is 4.37. The molecule has 0 spiro atoms. The molecule has 2 fully saturated rings. The standard InChI is InChI=1S/C24H27FN2O3S2/c1-17-3-4-19(15-21(17)25)23(29)27-11-9-26(10-12-27)22(28)16-30-20-7-5-18(6-8-20)24-31-13-2-14-32-24/h3-8,15,24H,2,9-14,16H2,1H3. The van der Waals surface area contributed by atoms with Gasteiger partial charge in [0, 0.05) is 31.7 Å². The maximum atomic E-state index is 13.8. The van der Waals surface area contributed by atoms with Crippen LogP contribution in [0, 0.1) is 12.7 Å². The van der Waals surface area contributed by atoms with Crippen LogP contribution in [-0.4, -0.2) is 65.9 Å². The van der Waals surface area contributed by atoms with Crippen LogP contribution in [0.25, 0.3) is 0 Å². The first-order valence-electron chi connectivity index (χ1n) is 10.8. The van der Waals surface area contributed by atoms with Crippen LogP contribution >= 0.6 is 23.5 Å². The number of benzene rings is 2. The Kier molecular flexibility index (Phi) is 7.63. The molecule has 4 rings (SSSR count). The first-order valence-corrected chi connectivity index (χ1v) is 12.9. The van der Waals surface area contributed by atoms with Gasteiger partial charge in [0.25, 0.3) is 11.8 Å². The van der Waals surface area contributed by atoms with Crippen molar-refractivity contribution in [3.8, 4) is 5.75 Å². The Morgan fingerprint density at radius 3 is 2.31 bits per heavy atom. The van der Waals surface area contributed by atoms with Gasteiger partial charge in [-0.15, -0.1) is 23.5 Å². The van der Waals surface area contributed by atoms with E-state index in [1.165, 1.54) is 29.6 Å². The van der Waals surface area contributed by atoms with Crippen molar-refractivity contribution in [2.45, 2.75) is 17.9 Å². The Morgan fingerprint density at radius 1 is 1.00 bits per heavy atom. The van der Waals surface area contributed by atoms with Crippen molar-refractivity contribution in [2.75, 3.05) is 44.3 Å². The number of hydrogen-bond donors (Lipinski definition) is 0. The molecule has 170 valence electrons. The van der Waals surface area contributed by atoms with Gasteiger partial charge in [0.05, 0.1) is 4.58 Å². The number of carbonyl (C=O) groups is 2. The van der Waals surface area contributed by atoms with Gasteiger partial charge in [0.15, 0.2) is 6.61 Å². The highest BCUT2D eigenvalue weighted by Gasteiger charge is 2.25. The van der Waals surface area contributed by atoms with Gasteiger partial charge >= 0.3 is 0 Å². The predicted molar refractivity (Wildman–Crippen MR) is 128 cm³/mol. The molecule has 0 N–H and O–H groups in total. The van der Waals surface area contributed by atoms with Gasteiger partial charge in [-0.3, -0.25) is 9.59 Å². The molecule has 0 saturated carbocycles. The number of halogens is 1. The Hall–Kier alpha value is -2.19. The highest BCUT2D eigenvalue weighted by Crippen LogP contribution is 2.43. The van der Waals surface area contributed by atoms with Crippen molar-refractivity contribution in [1.82, 2.24) is 9.80 Å². The van der Waals surface area contributed by atoms with Crippen molar-refractivity contribution in [3.63, 3.8) is 0 Å². The maximum Gasteiger partial charge on any atom is 0.260 e. The lowest BCUT2D eigenvalue weighted by molar-refractivity contribution is -0.134. The SMILES string of the molecule is Cc1ccc(C(=O)N2CCN(C(=O)COc3ccc(C4SCCCS4)cc3)CC2)cc1F. The lowest BCUT2D eigenvalue weighted by atomic mass is 10.1. The molecule has 0 bridgehead atoms. The first-order chi connectivity index (χ1) is 15.5. The fourth-order valence-electron chi connectivity index (χ4n) is 3.71. The van der Waals surface area contributed by atoms with Gasteiger partial charge in [0.2, 0.25) is 0 Å². The highest BCUT2D eigenvalue weighted by atomic mass is 32.2. The Morgan fingerprint density at radius 2 is 1.66 bits per heavy atom. The summed E-state index contributed by atoms with van der Waals surface area (Å²) in [5.41, 5.74) is 2.13. The molecule has 2 aliphatic heterocycles. The van der Waals surface area contributed by atoms with Crippen LogP contribution in [0.3, 0.4) is 0 Å². The van der Waals surface area contributed by atoms with Crippen LogP contribution in [-0.2, 0) is 4.79 Å². The largest absolute Gasteiger partial charge is 0.484 e. The molecule has 2 aromatic carbocycles. The molecule has 8 heteroatoms. The van der Waals surface area contributed by atoms with Crippen LogP contribution in [0.5, 0.6) is 5.75 Å². The van der Waals surface area contributed by atoms with Gasteiger partial charge in [-0.25, -0.2) is 4.39 Å². The molecule has 5 nitrogen and oxygen atoms in total. The zero-order valence-electron chi connectivity index (χ0n) is 18.1. The normalized spacial score (nSPS) is 17.3. The third-order valence-electron chi connectivity index (χ3n) is 5.68. The number of hydrogen-bond acceptors (Lipinski definition) is 5. The van der Waals surface area contributed by atoms with E-state index in [2.05, 4.69) is 12.1 Å². The van der Waals surface area contributed by atoms with Gasteiger partial charge in [-0.2, -0.15) is 0 Å². The fraction of sp³-hybridized carbons (Fsp3) is 0.417. The van der Waals surface area contributed by atoms with E-state index < -0.39 is 0 Å². The second-order valence-electron chi connectivity index (χ2n) is 7.92. The summed E-state index contributed by atoms with van der Waals surface area (Å²) < 4.78 is 20.0. The summed E-state index contributed by atoms with van der Waals surface area (Å²) in [6.45, 7) is 3.37. The van der Waals surface area contributed by atoms with Crippen molar-refractivity contribution >= 4 is 35.3 Å². The van der Waals surface area contributed by atoms with E-state index in [4.69, 9.17) is 4.74 Å². The van der Waals surface area contributed by atoms with E-state index in [0.29, 0.717) is 47.6 Å². The van der Waals surface area contributed by atoms with Gasteiger partial charge < -0.3 is 14.5 Å². The molecule has 0 aromatic heterocycles. The van der Waals surface area contributed by atoms with E-state index in [0.717, 1.165) is 0 Å². The molecular weight excluding hydrogens is 447 g/mol. The third kappa shape index (κ3) is 5.59. The summed E-state index contributed by atoms with van der Waals surface area (Å²) in [5, 5.41) is 0. The van der Waals surface area contributed by atoms with E-state index in [9.17, 15) is 14.0 Å². The molecule has 2 saturated heterocycles. The summed E-state index contributed by atoms with van der Waals surface area (Å²) >= 11 is 3.95. The second kappa shape index (κ2) is 10.6. The van der Waals surface area contributed by atoms with Crippen molar-refractivity contribution in [1.29, 1.82) is 0 Å². The zero-order valence-corrected chi connectivity index (χ0v) is 19.7. The number of rotatable bonds is 5. The van der Waals surface area contributed by atoms with Crippen LogP contribution in [0.1, 0.15) is 32.5 Å². The summed E-state index contributed by atoms with van der Waals surface area (Å²) in [7, 11) is 0. The topological polar surface area (TPSA) is 49.9 Å². The number of ether oxygens (including phenoxy) is 1. The molecule has 32 heavy (non-hydrogen) atoms. The quantitative estimate of drug-likeness (QED) is 0.644. The smallest absolute Gasteiger partial charge is 0.260 e. The number of aryl methyl sites for hydroxylation is 1. The Bertz CT molecular complexity index is 956. The lowest BCUT2D eigenvalue weighted by Gasteiger charge is -2.34. The van der Waals surface area contributed by atoms with Gasteiger partial charge in [-0.05, 0) is 60.2 Å². The van der Waals surface area contributed by atoms with Gasteiger partial charge in [-0.1, -0.05) is 18.2 Å². The fourth-order valence-corrected chi connectivity index (χ4v) is 6.60. The average molecular weight is 475 g/mol. The molecule has 0 unspecified atom stereocenters. The van der Waals surface area contributed by atoms with Crippen LogP contribution in [0.4, 0.5) is 4.39 Å². The number of carbonyl (C=O) groups excluding carboxylic acids is 2. The Labute approximate surface area is 196 Å². The molecule has 2 aromatic rings. The monoisotopic (exact) mass is 474 g/mol. The summed E-state index contributed by atoms with van der Waals surface area (Å²) in [6, 6.07) is 12.5. The van der Waals surface area contributed by atoms with Crippen LogP contribution in [0.15, 0.2) is 42.5 Å². The zero-order chi connectivity index (χ0) is 22.5. The van der Waals surface area contributed by atoms with Crippen LogP contribution in [0.2, 0.25) is 0 Å². The second-order valence-corrected chi connectivity index (χ2v) is 10.6. The summed E-state index contributed by atoms with van der Waals surface area (Å²) in [6.07, 6.45) is 1.27. The minimum Gasteiger partial charge on any atom is -0.484 e. The minimum atomic E-state index is -0.383. The molecule has 2 heterocycles. The van der Waals surface area contributed by atoms with Crippen molar-refractivity contribution < 1.29 is 18.7 Å². The van der Waals surface area contributed by atoms with Crippen LogP contribution < -0.4 is 4.74 Å². The van der Waals surface area contributed by atoms with Gasteiger partial charge in [0.1, 0.15) is 11.6 Å². The maximum absolute atomic E-state index is 13.8. The minimum absolute atomic E-state index is 0.0244. The molecular formula is C24H27FN2O3S2. The van der Waals surface area contributed by atoms with E-state index in [-0.39, 0.29) is 24.2 Å². The number of amides is 2. The molecule has 2 aliphatic rings. The molecule has 0 aliphatic carbocycles. The van der Waals surface area contributed by atoms with E-state index in [1.807, 2.05) is 35.7 Å². The molecule has 0 radical (unpaired) electrons. The Balaban J connectivity index is 1.24. The van der Waals surface area contributed by atoms with Crippen molar-refractivity contribution in [2.24, 2.45) is 0 Å². The number of nitrogens with zero attached hydrogens (tertiary/aromatic N) is 2. The molecule has 0 atom stereocenters. The first kappa shape index (κ1) is 23.0.